The summed E-state index contributed by atoms with van der Waals surface area (Å²) < 4.78 is 6.12. The minimum Gasteiger partial charge on any atom is -0.487 e. The van der Waals surface area contributed by atoms with Gasteiger partial charge >= 0.3 is 0 Å². The summed E-state index contributed by atoms with van der Waals surface area (Å²) >= 11 is 0. The molecular weight excluding hydrogens is 246 g/mol. The normalized spacial score (nSPS) is 25.6. The van der Waals surface area contributed by atoms with Gasteiger partial charge in [0.15, 0.2) is 0 Å². The smallest absolute Gasteiger partial charge is 0.124 e. The summed E-state index contributed by atoms with van der Waals surface area (Å²) in [5.41, 5.74) is 1.25. The molecule has 1 heterocycles. The molecule has 1 aromatic carbocycles. The lowest BCUT2D eigenvalue weighted by molar-refractivity contribution is 0.0630. The van der Waals surface area contributed by atoms with Crippen LogP contribution in [-0.2, 0) is 0 Å². The maximum Gasteiger partial charge on any atom is 0.124 e. The van der Waals surface area contributed by atoms with Crippen molar-refractivity contribution in [3.8, 4) is 5.75 Å². The van der Waals surface area contributed by atoms with Gasteiger partial charge in [-0.2, -0.15) is 0 Å². The highest BCUT2D eigenvalue weighted by atomic mass is 16.5. The van der Waals surface area contributed by atoms with Gasteiger partial charge in [0.05, 0.1) is 0 Å². The van der Waals surface area contributed by atoms with E-state index in [1.54, 1.807) is 0 Å². The third kappa shape index (κ3) is 3.17. The van der Waals surface area contributed by atoms with Crippen molar-refractivity contribution < 1.29 is 4.74 Å². The lowest BCUT2D eigenvalue weighted by atomic mass is 9.88. The van der Waals surface area contributed by atoms with Crippen molar-refractivity contribution in [2.45, 2.75) is 70.6 Å². The van der Waals surface area contributed by atoms with Gasteiger partial charge in [0.2, 0.25) is 0 Å². The Labute approximate surface area is 122 Å². The van der Waals surface area contributed by atoms with E-state index < -0.39 is 0 Å². The van der Waals surface area contributed by atoms with Gasteiger partial charge in [-0.05, 0) is 38.7 Å². The highest BCUT2D eigenvalue weighted by Crippen LogP contribution is 2.40. The van der Waals surface area contributed by atoms with E-state index in [-0.39, 0.29) is 5.60 Å². The molecule has 0 saturated heterocycles. The summed E-state index contributed by atoms with van der Waals surface area (Å²) in [6.45, 7) is 6.69. The van der Waals surface area contributed by atoms with E-state index in [9.17, 15) is 0 Å². The second-order valence-corrected chi connectivity index (χ2v) is 7.11. The van der Waals surface area contributed by atoms with E-state index in [4.69, 9.17) is 4.74 Å². The molecule has 0 radical (unpaired) electrons. The predicted octanol–water partition coefficient (Wildman–Crippen LogP) is 4.46. The van der Waals surface area contributed by atoms with Crippen LogP contribution < -0.4 is 10.1 Å². The van der Waals surface area contributed by atoms with E-state index >= 15 is 0 Å². The van der Waals surface area contributed by atoms with E-state index in [2.05, 4.69) is 50.4 Å². The van der Waals surface area contributed by atoms with Crippen LogP contribution >= 0.6 is 0 Å². The summed E-state index contributed by atoms with van der Waals surface area (Å²) in [7, 11) is 0. The Kier molecular flexibility index (Phi) is 3.76. The second kappa shape index (κ2) is 5.40. The Morgan fingerprint density at radius 1 is 1.30 bits per heavy atom. The lowest BCUT2D eigenvalue weighted by Crippen LogP contribution is -2.42. The molecule has 2 nitrogen and oxygen atoms in total. The van der Waals surface area contributed by atoms with Gasteiger partial charge in [-0.25, -0.2) is 0 Å². The Hall–Kier alpha value is -1.02. The zero-order valence-corrected chi connectivity index (χ0v) is 13.0. The molecule has 0 bridgehead atoms. The topological polar surface area (TPSA) is 21.3 Å². The fourth-order valence-electron chi connectivity index (χ4n) is 3.34. The van der Waals surface area contributed by atoms with E-state index in [1.807, 2.05) is 0 Å². The molecule has 1 aromatic rings. The highest BCUT2D eigenvalue weighted by molar-refractivity contribution is 5.38. The van der Waals surface area contributed by atoms with Crippen molar-refractivity contribution in [3.63, 3.8) is 0 Å². The molecule has 1 N–H and O–H groups in total. The molecule has 2 atom stereocenters. The van der Waals surface area contributed by atoms with E-state index in [0.717, 1.165) is 18.1 Å². The molecule has 0 spiro atoms. The van der Waals surface area contributed by atoms with Gasteiger partial charge in [-0.3, -0.25) is 0 Å². The van der Waals surface area contributed by atoms with Crippen molar-refractivity contribution in [2.24, 2.45) is 5.92 Å². The summed E-state index contributed by atoms with van der Waals surface area (Å²) in [5, 5.41) is 3.91. The first-order valence-electron chi connectivity index (χ1n) is 8.11. The molecule has 1 saturated carbocycles. The van der Waals surface area contributed by atoms with Gasteiger partial charge in [0.25, 0.3) is 0 Å². The standard InChI is InChI=1S/C18H27NO/c1-4-14(11-13-9-10-13)19-16-12-18(2,3)20-17-8-6-5-7-15(16)17/h5-8,13-14,16,19H,4,9-12H2,1-3H3. The summed E-state index contributed by atoms with van der Waals surface area (Å²) in [5.74, 6) is 2.04. The van der Waals surface area contributed by atoms with E-state index in [0.29, 0.717) is 12.1 Å². The van der Waals surface area contributed by atoms with Gasteiger partial charge in [0.1, 0.15) is 11.4 Å². The van der Waals surface area contributed by atoms with Crippen LogP contribution in [0.2, 0.25) is 0 Å². The van der Waals surface area contributed by atoms with Crippen LogP contribution in [0.4, 0.5) is 0 Å². The van der Waals surface area contributed by atoms with Gasteiger partial charge < -0.3 is 10.1 Å². The van der Waals surface area contributed by atoms with Crippen molar-refractivity contribution in [1.29, 1.82) is 0 Å². The Balaban J connectivity index is 1.76. The van der Waals surface area contributed by atoms with Crippen molar-refractivity contribution >= 4 is 0 Å². The largest absolute Gasteiger partial charge is 0.487 e. The van der Waals surface area contributed by atoms with Crippen molar-refractivity contribution in [2.75, 3.05) is 0 Å². The van der Waals surface area contributed by atoms with E-state index in [1.165, 1.54) is 31.2 Å². The van der Waals surface area contributed by atoms with Crippen LogP contribution in [0.25, 0.3) is 0 Å². The van der Waals surface area contributed by atoms with Crippen LogP contribution in [0, 0.1) is 5.92 Å². The number of hydrogen-bond acceptors (Lipinski definition) is 2. The number of nitrogens with one attached hydrogen (secondary N) is 1. The molecule has 110 valence electrons. The number of fused-ring (bicyclic) bond motifs is 1. The number of ether oxygens (including phenoxy) is 1. The number of rotatable bonds is 5. The van der Waals surface area contributed by atoms with Crippen molar-refractivity contribution in [3.05, 3.63) is 29.8 Å². The van der Waals surface area contributed by atoms with Gasteiger partial charge in [-0.1, -0.05) is 38.0 Å². The fourth-order valence-corrected chi connectivity index (χ4v) is 3.34. The fraction of sp³-hybridized carbons (Fsp3) is 0.667. The van der Waals surface area contributed by atoms with Gasteiger partial charge in [0, 0.05) is 24.1 Å². The van der Waals surface area contributed by atoms with Crippen LogP contribution in [0.1, 0.15) is 64.5 Å². The summed E-state index contributed by atoms with van der Waals surface area (Å²) in [6.07, 6.45) is 6.49. The Morgan fingerprint density at radius 2 is 2.05 bits per heavy atom. The van der Waals surface area contributed by atoms with Crippen LogP contribution in [-0.4, -0.2) is 11.6 Å². The molecule has 1 fully saturated rings. The average molecular weight is 273 g/mol. The molecule has 3 rings (SSSR count). The van der Waals surface area contributed by atoms with Crippen LogP contribution in [0.5, 0.6) is 5.75 Å². The highest BCUT2D eigenvalue weighted by Gasteiger charge is 2.35. The van der Waals surface area contributed by atoms with Crippen LogP contribution in [0.15, 0.2) is 24.3 Å². The molecule has 1 aliphatic carbocycles. The zero-order chi connectivity index (χ0) is 14.2. The first kappa shape index (κ1) is 13.9. The minimum atomic E-state index is -0.0795. The Morgan fingerprint density at radius 3 is 2.75 bits per heavy atom. The van der Waals surface area contributed by atoms with Gasteiger partial charge in [-0.15, -0.1) is 0 Å². The molecule has 2 aliphatic rings. The lowest BCUT2D eigenvalue weighted by Gasteiger charge is -2.39. The molecule has 0 aromatic heterocycles. The van der Waals surface area contributed by atoms with Crippen LogP contribution in [0.3, 0.4) is 0 Å². The third-order valence-electron chi connectivity index (χ3n) is 4.62. The summed E-state index contributed by atoms with van der Waals surface area (Å²) in [4.78, 5) is 0. The zero-order valence-electron chi connectivity index (χ0n) is 13.0. The third-order valence-corrected chi connectivity index (χ3v) is 4.62. The quantitative estimate of drug-likeness (QED) is 0.855. The molecular formula is C18H27NO. The SMILES string of the molecule is CCC(CC1CC1)NC1CC(C)(C)Oc2ccccc21. The predicted molar refractivity (Wildman–Crippen MR) is 83.1 cm³/mol. The summed E-state index contributed by atoms with van der Waals surface area (Å²) in [6, 6.07) is 9.59. The monoisotopic (exact) mass is 273 g/mol. The molecule has 2 unspecified atom stereocenters. The second-order valence-electron chi connectivity index (χ2n) is 7.11. The number of para-hydroxylation sites is 1. The maximum absolute atomic E-state index is 6.12. The number of benzene rings is 1. The minimum absolute atomic E-state index is 0.0795. The van der Waals surface area contributed by atoms with Crippen molar-refractivity contribution in [1.82, 2.24) is 5.32 Å². The molecule has 0 amide bonds. The first-order valence-corrected chi connectivity index (χ1v) is 8.11. The Bertz CT molecular complexity index is 464. The molecule has 1 aliphatic heterocycles. The molecule has 2 heteroatoms. The average Bonchev–Trinajstić information content (AvgIpc) is 3.20. The number of hydrogen-bond donors (Lipinski definition) is 1. The maximum atomic E-state index is 6.12. The molecule has 20 heavy (non-hydrogen) atoms. The first-order chi connectivity index (χ1) is 9.57.